The number of rotatable bonds is 13. The van der Waals surface area contributed by atoms with Crippen molar-refractivity contribution in [3.63, 3.8) is 0 Å². The minimum Gasteiger partial charge on any atom is -0.456 e. The van der Waals surface area contributed by atoms with Crippen molar-refractivity contribution in [3.05, 3.63) is 114 Å². The number of aliphatic hydroxyl groups excluding tert-OH is 2. The zero-order valence-corrected chi connectivity index (χ0v) is 39.2. The van der Waals surface area contributed by atoms with Gasteiger partial charge in [-0.3, -0.25) is 24.0 Å². The summed E-state index contributed by atoms with van der Waals surface area (Å²) in [6.45, 7) is 9.02. The third kappa shape index (κ3) is 9.18. The number of hydrogen-bond donors (Lipinski definition) is 5. The van der Waals surface area contributed by atoms with Crippen LogP contribution in [-0.4, -0.2) is 117 Å². The number of aliphatic hydroxyl groups is 3. The lowest BCUT2D eigenvalue weighted by atomic mass is 9.44. The summed E-state index contributed by atoms with van der Waals surface area (Å²) in [6, 6.07) is 19.5. The monoisotopic (exact) mass is 953 g/mol. The van der Waals surface area contributed by atoms with Gasteiger partial charge < -0.3 is 44.3 Å². The Morgan fingerprint density at radius 2 is 1.51 bits per heavy atom. The molecule has 69 heavy (non-hydrogen) atoms. The third-order valence-electron chi connectivity index (χ3n) is 14.2. The first-order valence-electron chi connectivity index (χ1n) is 22.5. The molecule has 4 aliphatic rings. The van der Waals surface area contributed by atoms with Gasteiger partial charge in [0.25, 0.3) is 5.91 Å². The second kappa shape index (κ2) is 19.4. The van der Waals surface area contributed by atoms with Gasteiger partial charge in [-0.25, -0.2) is 15.0 Å². The van der Waals surface area contributed by atoms with Gasteiger partial charge in [0.1, 0.15) is 29.6 Å². The number of hydrogen-bond acceptors (Lipinski definition) is 16. The normalized spacial score (nSPS) is 30.0. The zero-order valence-electron chi connectivity index (χ0n) is 39.2. The highest BCUT2D eigenvalue weighted by molar-refractivity contribution is 6.38. The largest absolute Gasteiger partial charge is 0.456 e. The van der Waals surface area contributed by atoms with E-state index < -0.39 is 119 Å². The maximum absolute atomic E-state index is 15.6. The van der Waals surface area contributed by atoms with Crippen molar-refractivity contribution in [1.82, 2.24) is 10.7 Å². The number of amides is 2. The first-order chi connectivity index (χ1) is 32.6. The third-order valence-corrected chi connectivity index (χ3v) is 14.2. The lowest BCUT2D eigenvalue weighted by molar-refractivity contribution is -0.684. The van der Waals surface area contributed by atoms with Crippen molar-refractivity contribution in [2.45, 2.75) is 122 Å². The molecule has 19 heteroatoms. The number of nitrogens with one attached hydrogen (secondary N) is 2. The Bertz CT molecular complexity index is 2570. The molecule has 2 bridgehead atoms. The number of hydrazone groups is 1. The topological polar surface area (TPSA) is 267 Å². The average molecular weight is 954 g/mol. The standard InChI is InChI=1S/C50H56N4O15/c1-27-33(67-46(63)39(59)38(31-17-11-8-12-18-31)51-44(61)28(2)52-53-36(58)25-54-21-15-10-16-22-54)24-50(64)43(68-45(62)32-19-13-9-14-20-32)41-48(7,34(57)23-35-49(41,26-65-35)69-30(4)56)42(60)40(66-29(3)55)37(27)47(50,5)6/h8-22,33-35,38-41,43,57,59,64H,23-26H2,1-7H3,(H-,51,53,58,61)/p+1/t33-,34-,35+,38-,39+,40+,41-,43-,48+,49-,50-/m0/s1. The number of carbonyl (C=O) groups is 7. The quantitative estimate of drug-likeness (QED) is 0.0409. The van der Waals surface area contributed by atoms with Crippen LogP contribution in [0, 0.1) is 16.7 Å². The number of ether oxygens (including phenoxy) is 5. The highest BCUT2D eigenvalue weighted by Gasteiger charge is 2.78. The maximum Gasteiger partial charge on any atom is 0.338 e. The summed E-state index contributed by atoms with van der Waals surface area (Å²) in [5, 5.41) is 44.2. The number of benzene rings is 2. The van der Waals surface area contributed by atoms with Gasteiger partial charge in [0, 0.05) is 44.2 Å². The highest BCUT2D eigenvalue weighted by Crippen LogP contribution is 2.64. The Balaban J connectivity index is 1.30. The number of esters is 4. The van der Waals surface area contributed by atoms with E-state index in [9.17, 15) is 44.1 Å². The van der Waals surface area contributed by atoms with Crippen LogP contribution in [-0.2, 0) is 59.0 Å². The van der Waals surface area contributed by atoms with E-state index >= 15 is 4.79 Å². The molecule has 1 saturated heterocycles. The maximum atomic E-state index is 15.6. The predicted molar refractivity (Wildman–Crippen MR) is 240 cm³/mol. The highest BCUT2D eigenvalue weighted by atomic mass is 16.6. The molecule has 1 aliphatic heterocycles. The van der Waals surface area contributed by atoms with E-state index in [0.717, 1.165) is 13.8 Å². The molecule has 0 radical (unpaired) electrons. The van der Waals surface area contributed by atoms with Crippen LogP contribution in [0.3, 0.4) is 0 Å². The van der Waals surface area contributed by atoms with Crippen molar-refractivity contribution in [3.8, 4) is 0 Å². The van der Waals surface area contributed by atoms with E-state index in [1.54, 1.807) is 71.6 Å². The number of carbonyl (C=O) groups excluding carboxylic acids is 7. The van der Waals surface area contributed by atoms with E-state index in [2.05, 4.69) is 15.8 Å². The summed E-state index contributed by atoms with van der Waals surface area (Å²) >= 11 is 0. The van der Waals surface area contributed by atoms with Gasteiger partial charge in [-0.1, -0.05) is 68.4 Å². The van der Waals surface area contributed by atoms with E-state index in [1.807, 2.05) is 0 Å². The van der Waals surface area contributed by atoms with Gasteiger partial charge in [-0.15, -0.1) is 0 Å². The molecular weight excluding hydrogens is 897 g/mol. The summed E-state index contributed by atoms with van der Waals surface area (Å²) < 4.78 is 31.9. The number of aromatic nitrogens is 1. The van der Waals surface area contributed by atoms with Crippen LogP contribution in [0.25, 0.3) is 0 Å². The van der Waals surface area contributed by atoms with Crippen LogP contribution in [0.2, 0.25) is 0 Å². The smallest absolute Gasteiger partial charge is 0.338 e. The van der Waals surface area contributed by atoms with Gasteiger partial charge in [-0.05, 0) is 49.6 Å². The average Bonchev–Trinajstić information content (AvgIpc) is 3.31. The lowest BCUT2D eigenvalue weighted by Gasteiger charge is -2.67. The Hall–Kier alpha value is -6.67. The summed E-state index contributed by atoms with van der Waals surface area (Å²) in [5.74, 6) is -7.89. The molecule has 366 valence electrons. The molecule has 2 aromatic carbocycles. The fraction of sp³-hybridized carbons (Fsp3) is 0.460. The lowest BCUT2D eigenvalue weighted by Crippen LogP contribution is -2.82. The van der Waals surface area contributed by atoms with Crippen LogP contribution < -0.4 is 15.3 Å². The molecule has 19 nitrogen and oxygen atoms in total. The number of pyridine rings is 1. The van der Waals surface area contributed by atoms with Crippen LogP contribution >= 0.6 is 0 Å². The van der Waals surface area contributed by atoms with Gasteiger partial charge >= 0.3 is 29.8 Å². The molecule has 2 amide bonds. The minimum absolute atomic E-state index is 0.0441. The second-order valence-electron chi connectivity index (χ2n) is 18.8. The number of Topliss-reactive ketones (excluding diaryl/α,β-unsaturated/α-hetero) is 1. The summed E-state index contributed by atoms with van der Waals surface area (Å²) in [5.41, 5.74) is -5.59. The van der Waals surface area contributed by atoms with Crippen molar-refractivity contribution in [2.75, 3.05) is 6.61 Å². The van der Waals surface area contributed by atoms with Crippen LogP contribution in [0.5, 0.6) is 0 Å². The molecule has 5 N–H and O–H groups in total. The molecule has 3 fully saturated rings. The zero-order chi connectivity index (χ0) is 50.2. The Morgan fingerprint density at radius 3 is 2.10 bits per heavy atom. The first-order valence-corrected chi connectivity index (χ1v) is 22.5. The van der Waals surface area contributed by atoms with Crippen LogP contribution in [0.4, 0.5) is 0 Å². The molecule has 3 aromatic rings. The van der Waals surface area contributed by atoms with Crippen LogP contribution in [0.15, 0.2) is 108 Å². The van der Waals surface area contributed by atoms with E-state index in [4.69, 9.17) is 23.7 Å². The van der Waals surface area contributed by atoms with Gasteiger partial charge in [-0.2, -0.15) is 9.67 Å². The number of nitrogens with zero attached hydrogens (tertiary/aromatic N) is 2. The molecule has 2 heterocycles. The molecule has 3 aliphatic carbocycles. The molecule has 0 spiro atoms. The Morgan fingerprint density at radius 1 is 0.884 bits per heavy atom. The molecule has 2 saturated carbocycles. The number of ketones is 1. The molecule has 0 unspecified atom stereocenters. The van der Waals surface area contributed by atoms with E-state index in [0.29, 0.717) is 0 Å². The summed E-state index contributed by atoms with van der Waals surface area (Å²) in [7, 11) is 0. The summed E-state index contributed by atoms with van der Waals surface area (Å²) in [4.78, 5) is 96.6. The van der Waals surface area contributed by atoms with Crippen molar-refractivity contribution in [1.29, 1.82) is 0 Å². The molecule has 1 aromatic heterocycles. The first kappa shape index (κ1) is 50.2. The molecule has 11 atom stereocenters. The SMILES string of the molecule is CC(=O)O[C@H]1C(=O)[C@@]2(C)[C@H]([C@H](OC(=O)c3ccccc3)[C@@]3(O)C[C@H](OC(=O)[C@H](O)[C@@H](NC(=O)C(C)=NNC(=O)C[n+]4ccccc4)c4ccccc4)C(C)=C1C3(C)C)[C@]1(OC(C)=O)CO[C@@H]1C[C@@H]2O. The van der Waals surface area contributed by atoms with E-state index in [1.165, 1.54) is 58.9 Å². The summed E-state index contributed by atoms with van der Waals surface area (Å²) in [6.07, 6.45) is -7.59. The molecule has 7 rings (SSSR count). The fourth-order valence-electron chi connectivity index (χ4n) is 10.6. The Labute approximate surface area is 397 Å². The number of fused-ring (bicyclic) bond motifs is 5. The van der Waals surface area contributed by atoms with Gasteiger partial charge in [0.15, 0.2) is 36.0 Å². The van der Waals surface area contributed by atoms with Crippen molar-refractivity contribution < 1.29 is 77.1 Å². The minimum atomic E-state index is -2.44. The second-order valence-corrected chi connectivity index (χ2v) is 18.8. The fourth-order valence-corrected chi connectivity index (χ4v) is 10.6. The predicted octanol–water partition coefficient (Wildman–Crippen LogP) is 1.90. The van der Waals surface area contributed by atoms with Gasteiger partial charge in [0.05, 0.1) is 35.6 Å². The van der Waals surface area contributed by atoms with Crippen LogP contribution in [0.1, 0.15) is 83.3 Å². The van der Waals surface area contributed by atoms with Crippen molar-refractivity contribution in [2.24, 2.45) is 21.8 Å². The van der Waals surface area contributed by atoms with Gasteiger partial charge in [0.2, 0.25) is 6.54 Å². The van der Waals surface area contributed by atoms with Crippen molar-refractivity contribution >= 4 is 47.2 Å². The van der Waals surface area contributed by atoms with E-state index in [-0.39, 0.29) is 47.6 Å². The molecular formula is C50H57N4O15+. The Kier molecular flexibility index (Phi) is 14.1.